The van der Waals surface area contributed by atoms with Crippen LogP contribution in [0.4, 0.5) is 0 Å². The third kappa shape index (κ3) is 2.40. The van der Waals surface area contributed by atoms with Gasteiger partial charge in [-0.2, -0.15) is 0 Å². The average molecular weight is 204 g/mol. The van der Waals surface area contributed by atoms with E-state index in [-0.39, 0.29) is 0 Å². The van der Waals surface area contributed by atoms with Crippen LogP contribution < -0.4 is 0 Å². The number of rotatable bonds is 3. The molecular weight excluding hydrogens is 184 g/mol. The third-order valence-corrected chi connectivity index (χ3v) is 3.27. The fourth-order valence-electron chi connectivity index (χ4n) is 2.59. The van der Waals surface area contributed by atoms with E-state index in [0.717, 1.165) is 6.61 Å². The van der Waals surface area contributed by atoms with Crippen molar-refractivity contribution in [3.63, 3.8) is 0 Å². The molecule has 2 rings (SSSR count). The van der Waals surface area contributed by atoms with Crippen LogP contribution in [0.3, 0.4) is 0 Å². The van der Waals surface area contributed by atoms with Gasteiger partial charge in [-0.25, -0.2) is 0 Å². The molecule has 1 saturated heterocycles. The van der Waals surface area contributed by atoms with E-state index in [1.165, 1.54) is 18.4 Å². The van der Waals surface area contributed by atoms with Crippen LogP contribution in [0.25, 0.3) is 0 Å². The Hall–Kier alpha value is -0.820. The second-order valence-electron chi connectivity index (χ2n) is 4.73. The molecule has 1 aromatic rings. The normalized spacial score (nSPS) is 23.3. The smallest absolute Gasteiger partial charge is 0.0646 e. The molecule has 0 aliphatic carbocycles. The average Bonchev–Trinajstić information content (AvgIpc) is 2.72. The van der Waals surface area contributed by atoms with Gasteiger partial charge in [-0.05, 0) is 24.3 Å². The molecule has 0 aromatic heterocycles. The van der Waals surface area contributed by atoms with Crippen molar-refractivity contribution in [1.82, 2.24) is 0 Å². The Bertz CT molecular complexity index is 285. The van der Waals surface area contributed by atoms with Gasteiger partial charge in [0.25, 0.3) is 0 Å². The van der Waals surface area contributed by atoms with Gasteiger partial charge < -0.3 is 4.74 Å². The van der Waals surface area contributed by atoms with Crippen LogP contribution in [0.15, 0.2) is 30.3 Å². The van der Waals surface area contributed by atoms with Crippen molar-refractivity contribution in [1.29, 1.82) is 0 Å². The van der Waals surface area contributed by atoms with Crippen LogP contribution >= 0.6 is 0 Å². The van der Waals surface area contributed by atoms with E-state index in [0.29, 0.717) is 17.9 Å². The molecule has 0 radical (unpaired) electrons. The first-order chi connectivity index (χ1) is 7.29. The SMILES string of the molecule is CC(C)[C@H](c1ccccc1)[C@H]1CCCO1. The van der Waals surface area contributed by atoms with Crippen LogP contribution in [-0.4, -0.2) is 12.7 Å². The summed E-state index contributed by atoms with van der Waals surface area (Å²) in [6.45, 7) is 5.53. The predicted octanol–water partition coefficient (Wildman–Crippen LogP) is 3.61. The van der Waals surface area contributed by atoms with Gasteiger partial charge in [0.05, 0.1) is 6.10 Å². The number of hydrogen-bond acceptors (Lipinski definition) is 1. The monoisotopic (exact) mass is 204 g/mol. The predicted molar refractivity (Wildman–Crippen MR) is 63.0 cm³/mol. The van der Waals surface area contributed by atoms with Gasteiger partial charge in [0, 0.05) is 12.5 Å². The zero-order valence-electron chi connectivity index (χ0n) is 9.65. The Morgan fingerprint density at radius 3 is 2.47 bits per heavy atom. The maximum absolute atomic E-state index is 5.83. The number of hydrogen-bond donors (Lipinski definition) is 0. The first-order valence-electron chi connectivity index (χ1n) is 5.95. The number of ether oxygens (including phenoxy) is 1. The summed E-state index contributed by atoms with van der Waals surface area (Å²) in [5.74, 6) is 1.21. The Morgan fingerprint density at radius 1 is 1.20 bits per heavy atom. The van der Waals surface area contributed by atoms with Gasteiger partial charge in [0.2, 0.25) is 0 Å². The summed E-state index contributed by atoms with van der Waals surface area (Å²) in [4.78, 5) is 0. The first kappa shape index (κ1) is 10.7. The van der Waals surface area contributed by atoms with Gasteiger partial charge in [-0.3, -0.25) is 0 Å². The Morgan fingerprint density at radius 2 is 1.93 bits per heavy atom. The van der Waals surface area contributed by atoms with E-state index in [2.05, 4.69) is 44.2 Å². The highest BCUT2D eigenvalue weighted by Crippen LogP contribution is 2.34. The van der Waals surface area contributed by atoms with Crippen molar-refractivity contribution in [3.8, 4) is 0 Å². The lowest BCUT2D eigenvalue weighted by molar-refractivity contribution is 0.0748. The second kappa shape index (κ2) is 4.80. The molecule has 0 N–H and O–H groups in total. The molecule has 82 valence electrons. The molecule has 1 aromatic carbocycles. The lowest BCUT2D eigenvalue weighted by atomic mass is 9.83. The molecule has 1 aliphatic rings. The summed E-state index contributed by atoms with van der Waals surface area (Å²) in [5, 5.41) is 0. The molecule has 0 spiro atoms. The van der Waals surface area contributed by atoms with Crippen LogP contribution in [0.2, 0.25) is 0 Å². The van der Waals surface area contributed by atoms with E-state index >= 15 is 0 Å². The Balaban J connectivity index is 2.19. The van der Waals surface area contributed by atoms with Crippen LogP contribution in [-0.2, 0) is 4.74 Å². The van der Waals surface area contributed by atoms with E-state index in [4.69, 9.17) is 4.74 Å². The number of benzene rings is 1. The molecule has 15 heavy (non-hydrogen) atoms. The van der Waals surface area contributed by atoms with Crippen molar-refractivity contribution in [3.05, 3.63) is 35.9 Å². The molecule has 1 fully saturated rings. The summed E-state index contributed by atoms with van der Waals surface area (Å²) < 4.78 is 5.83. The van der Waals surface area contributed by atoms with E-state index in [1.54, 1.807) is 0 Å². The molecule has 1 heteroatoms. The fraction of sp³-hybridized carbons (Fsp3) is 0.571. The maximum Gasteiger partial charge on any atom is 0.0646 e. The van der Waals surface area contributed by atoms with Crippen LogP contribution in [0.1, 0.15) is 38.2 Å². The van der Waals surface area contributed by atoms with Crippen molar-refractivity contribution >= 4 is 0 Å². The van der Waals surface area contributed by atoms with E-state index < -0.39 is 0 Å². The first-order valence-corrected chi connectivity index (χ1v) is 5.95. The van der Waals surface area contributed by atoms with Gasteiger partial charge in [0.1, 0.15) is 0 Å². The molecule has 0 bridgehead atoms. The molecule has 1 nitrogen and oxygen atoms in total. The molecular formula is C14H20O. The zero-order chi connectivity index (χ0) is 10.7. The molecule has 0 unspecified atom stereocenters. The molecule has 1 heterocycles. The topological polar surface area (TPSA) is 9.23 Å². The van der Waals surface area contributed by atoms with E-state index in [9.17, 15) is 0 Å². The minimum absolute atomic E-state index is 0.437. The largest absolute Gasteiger partial charge is 0.378 e. The molecule has 0 amide bonds. The summed E-state index contributed by atoms with van der Waals surface area (Å²) in [7, 11) is 0. The summed E-state index contributed by atoms with van der Waals surface area (Å²) in [6.07, 6.45) is 2.88. The van der Waals surface area contributed by atoms with Crippen LogP contribution in [0.5, 0.6) is 0 Å². The van der Waals surface area contributed by atoms with Crippen LogP contribution in [0, 0.1) is 5.92 Å². The maximum atomic E-state index is 5.83. The van der Waals surface area contributed by atoms with Crippen molar-refractivity contribution in [2.75, 3.05) is 6.61 Å². The molecule has 0 saturated carbocycles. The lowest BCUT2D eigenvalue weighted by Crippen LogP contribution is -2.22. The molecule has 2 atom stereocenters. The fourth-order valence-corrected chi connectivity index (χ4v) is 2.59. The third-order valence-electron chi connectivity index (χ3n) is 3.27. The Kier molecular flexibility index (Phi) is 3.42. The van der Waals surface area contributed by atoms with Crippen molar-refractivity contribution < 1.29 is 4.74 Å². The summed E-state index contributed by atoms with van der Waals surface area (Å²) in [5.41, 5.74) is 1.43. The minimum atomic E-state index is 0.437. The highest BCUT2D eigenvalue weighted by atomic mass is 16.5. The van der Waals surface area contributed by atoms with Gasteiger partial charge in [-0.1, -0.05) is 44.2 Å². The Labute approximate surface area is 92.5 Å². The quantitative estimate of drug-likeness (QED) is 0.731. The second-order valence-corrected chi connectivity index (χ2v) is 4.73. The van der Waals surface area contributed by atoms with Gasteiger partial charge >= 0.3 is 0 Å². The highest BCUT2D eigenvalue weighted by molar-refractivity contribution is 5.21. The standard InChI is InChI=1S/C14H20O/c1-11(2)14(13-9-6-10-15-13)12-7-4-3-5-8-12/h3-5,7-8,11,13-14H,6,9-10H2,1-2H3/t13-,14-/m1/s1. The lowest BCUT2D eigenvalue weighted by Gasteiger charge is -2.27. The zero-order valence-corrected chi connectivity index (χ0v) is 9.65. The van der Waals surface area contributed by atoms with Gasteiger partial charge in [-0.15, -0.1) is 0 Å². The van der Waals surface area contributed by atoms with Gasteiger partial charge in [0.15, 0.2) is 0 Å². The minimum Gasteiger partial charge on any atom is -0.378 e. The summed E-state index contributed by atoms with van der Waals surface area (Å²) in [6, 6.07) is 10.8. The summed E-state index contributed by atoms with van der Waals surface area (Å²) >= 11 is 0. The van der Waals surface area contributed by atoms with Crippen molar-refractivity contribution in [2.24, 2.45) is 5.92 Å². The molecule has 1 aliphatic heterocycles. The van der Waals surface area contributed by atoms with E-state index in [1.807, 2.05) is 0 Å². The highest BCUT2D eigenvalue weighted by Gasteiger charge is 2.29. The van der Waals surface area contributed by atoms with Crippen molar-refractivity contribution in [2.45, 2.75) is 38.7 Å².